The Morgan fingerprint density at radius 2 is 2.32 bits per heavy atom. The molecular weight excluding hydrogens is 264 g/mol. The van der Waals surface area contributed by atoms with Gasteiger partial charge in [-0.25, -0.2) is 0 Å². The maximum atomic E-state index is 5.80. The predicted octanol–water partition coefficient (Wildman–Crippen LogP) is 2.90. The third-order valence-corrected chi connectivity index (χ3v) is 3.42. The van der Waals surface area contributed by atoms with E-state index < -0.39 is 0 Å². The van der Waals surface area contributed by atoms with Gasteiger partial charge in [-0.1, -0.05) is 6.07 Å². The van der Waals surface area contributed by atoms with Crippen molar-refractivity contribution in [3.8, 4) is 0 Å². The molecule has 0 amide bonds. The molecule has 0 aliphatic carbocycles. The molecule has 0 radical (unpaired) electrons. The van der Waals surface area contributed by atoms with Crippen molar-refractivity contribution in [1.82, 2.24) is 9.88 Å². The molecule has 0 saturated carbocycles. The zero-order valence-corrected chi connectivity index (χ0v) is 11.2. The lowest BCUT2D eigenvalue weighted by Gasteiger charge is -2.32. The number of hydrogen-bond donors (Lipinski definition) is 0. The number of aromatic nitrogens is 1. The highest BCUT2D eigenvalue weighted by atomic mass is 35.5. The fourth-order valence-electron chi connectivity index (χ4n) is 2.27. The molecule has 1 atom stereocenters. The summed E-state index contributed by atoms with van der Waals surface area (Å²) in [7, 11) is 0. The average molecular weight is 279 g/mol. The Labute approximate surface area is 116 Å². The monoisotopic (exact) mass is 278 g/mol. The first-order chi connectivity index (χ1) is 9.31. The third-order valence-electron chi connectivity index (χ3n) is 3.22. The van der Waals surface area contributed by atoms with Gasteiger partial charge in [0.15, 0.2) is 5.22 Å². The van der Waals surface area contributed by atoms with Crippen LogP contribution in [0.15, 0.2) is 41.1 Å². The molecule has 1 aliphatic heterocycles. The lowest BCUT2D eigenvalue weighted by Crippen LogP contribution is -2.37. The van der Waals surface area contributed by atoms with Crippen LogP contribution in [0.5, 0.6) is 0 Å². The minimum atomic E-state index is 0.0767. The molecule has 5 heteroatoms. The van der Waals surface area contributed by atoms with E-state index in [0.29, 0.717) is 11.8 Å². The van der Waals surface area contributed by atoms with Gasteiger partial charge in [0.2, 0.25) is 0 Å². The Morgan fingerprint density at radius 1 is 1.37 bits per heavy atom. The van der Waals surface area contributed by atoms with Gasteiger partial charge in [0.25, 0.3) is 0 Å². The van der Waals surface area contributed by atoms with Gasteiger partial charge in [-0.05, 0) is 29.8 Å². The van der Waals surface area contributed by atoms with Gasteiger partial charge >= 0.3 is 0 Å². The fourth-order valence-corrected chi connectivity index (χ4v) is 2.43. The minimum Gasteiger partial charge on any atom is -0.448 e. The second-order valence-electron chi connectivity index (χ2n) is 4.59. The highest BCUT2D eigenvalue weighted by Gasteiger charge is 2.22. The normalized spacial score (nSPS) is 20.6. The molecule has 1 fully saturated rings. The number of hydrogen-bond acceptors (Lipinski definition) is 4. The summed E-state index contributed by atoms with van der Waals surface area (Å²) < 4.78 is 11.2. The highest BCUT2D eigenvalue weighted by Crippen LogP contribution is 2.23. The van der Waals surface area contributed by atoms with Gasteiger partial charge in [-0.3, -0.25) is 9.88 Å². The molecule has 19 heavy (non-hydrogen) atoms. The number of pyridine rings is 1. The van der Waals surface area contributed by atoms with Gasteiger partial charge in [0.1, 0.15) is 5.76 Å². The largest absolute Gasteiger partial charge is 0.448 e. The number of halogens is 1. The first-order valence-electron chi connectivity index (χ1n) is 6.29. The molecule has 1 aliphatic rings. The topological polar surface area (TPSA) is 38.5 Å². The second kappa shape index (κ2) is 5.74. The van der Waals surface area contributed by atoms with Gasteiger partial charge in [0, 0.05) is 31.0 Å². The molecule has 1 saturated heterocycles. The van der Waals surface area contributed by atoms with Crippen LogP contribution >= 0.6 is 11.6 Å². The molecule has 3 rings (SSSR count). The highest BCUT2D eigenvalue weighted by molar-refractivity contribution is 6.28. The number of furan rings is 1. The minimum absolute atomic E-state index is 0.0767. The molecule has 2 aromatic rings. The SMILES string of the molecule is Clc1ccc(CN2CCO[C@H](c3cccnc3)C2)o1. The zero-order chi connectivity index (χ0) is 13.1. The summed E-state index contributed by atoms with van der Waals surface area (Å²) in [4.78, 5) is 6.44. The van der Waals surface area contributed by atoms with Crippen molar-refractivity contribution in [2.24, 2.45) is 0 Å². The first-order valence-corrected chi connectivity index (χ1v) is 6.67. The summed E-state index contributed by atoms with van der Waals surface area (Å²) in [6.07, 6.45) is 3.71. The Morgan fingerprint density at radius 3 is 3.05 bits per heavy atom. The van der Waals surface area contributed by atoms with Crippen molar-refractivity contribution in [3.05, 3.63) is 53.2 Å². The van der Waals surface area contributed by atoms with Crippen molar-refractivity contribution in [2.75, 3.05) is 19.7 Å². The van der Waals surface area contributed by atoms with Crippen LogP contribution in [0.2, 0.25) is 5.22 Å². The molecule has 100 valence electrons. The molecule has 4 nitrogen and oxygen atoms in total. The first kappa shape index (κ1) is 12.7. The lowest BCUT2D eigenvalue weighted by molar-refractivity contribution is -0.0348. The lowest BCUT2D eigenvalue weighted by atomic mass is 10.1. The summed E-state index contributed by atoms with van der Waals surface area (Å²) in [5, 5.41) is 0.437. The smallest absolute Gasteiger partial charge is 0.193 e. The van der Waals surface area contributed by atoms with E-state index in [1.165, 1.54) is 0 Å². The Bertz CT molecular complexity index is 529. The maximum Gasteiger partial charge on any atom is 0.193 e. The Balaban J connectivity index is 1.65. The van der Waals surface area contributed by atoms with Crippen LogP contribution in [-0.4, -0.2) is 29.6 Å². The summed E-state index contributed by atoms with van der Waals surface area (Å²) in [6, 6.07) is 7.67. The van der Waals surface area contributed by atoms with Crippen LogP contribution in [0.25, 0.3) is 0 Å². The quantitative estimate of drug-likeness (QED) is 0.865. The summed E-state index contributed by atoms with van der Waals surface area (Å²) in [5.41, 5.74) is 1.12. The van der Waals surface area contributed by atoms with E-state index in [0.717, 1.165) is 31.0 Å². The Hall–Kier alpha value is -1.36. The number of morpholine rings is 1. The van der Waals surface area contributed by atoms with E-state index in [2.05, 4.69) is 9.88 Å². The van der Waals surface area contributed by atoms with E-state index in [4.69, 9.17) is 20.8 Å². The van der Waals surface area contributed by atoms with Crippen molar-refractivity contribution in [1.29, 1.82) is 0 Å². The van der Waals surface area contributed by atoms with Crippen LogP contribution < -0.4 is 0 Å². The molecule has 0 bridgehead atoms. The zero-order valence-electron chi connectivity index (χ0n) is 10.5. The number of ether oxygens (including phenoxy) is 1. The molecule has 3 heterocycles. The van der Waals surface area contributed by atoms with E-state index in [9.17, 15) is 0 Å². The van der Waals surface area contributed by atoms with E-state index in [-0.39, 0.29) is 6.10 Å². The molecule has 0 unspecified atom stereocenters. The van der Waals surface area contributed by atoms with Crippen molar-refractivity contribution in [2.45, 2.75) is 12.6 Å². The van der Waals surface area contributed by atoms with Crippen molar-refractivity contribution >= 4 is 11.6 Å². The number of rotatable bonds is 3. The van der Waals surface area contributed by atoms with E-state index in [1.807, 2.05) is 24.4 Å². The van der Waals surface area contributed by atoms with Crippen LogP contribution in [0.4, 0.5) is 0 Å². The molecule has 2 aromatic heterocycles. The fraction of sp³-hybridized carbons (Fsp3) is 0.357. The molecule has 0 spiro atoms. The second-order valence-corrected chi connectivity index (χ2v) is 4.96. The van der Waals surface area contributed by atoms with Crippen LogP contribution in [0.1, 0.15) is 17.4 Å². The summed E-state index contributed by atoms with van der Waals surface area (Å²) >= 11 is 5.78. The third kappa shape index (κ3) is 3.15. The van der Waals surface area contributed by atoms with Gasteiger partial charge in [-0.2, -0.15) is 0 Å². The van der Waals surface area contributed by atoms with Crippen LogP contribution in [0, 0.1) is 0 Å². The molecule has 0 aromatic carbocycles. The van der Waals surface area contributed by atoms with E-state index in [1.54, 1.807) is 12.3 Å². The van der Waals surface area contributed by atoms with Crippen LogP contribution in [0.3, 0.4) is 0 Å². The summed E-state index contributed by atoms with van der Waals surface area (Å²) in [5.74, 6) is 0.886. The average Bonchev–Trinajstić information content (AvgIpc) is 2.85. The number of nitrogens with zero attached hydrogens (tertiary/aromatic N) is 2. The van der Waals surface area contributed by atoms with Gasteiger partial charge in [-0.15, -0.1) is 0 Å². The van der Waals surface area contributed by atoms with Crippen molar-refractivity contribution in [3.63, 3.8) is 0 Å². The molecule has 0 N–H and O–H groups in total. The predicted molar refractivity (Wildman–Crippen MR) is 71.9 cm³/mol. The summed E-state index contributed by atoms with van der Waals surface area (Å²) in [6.45, 7) is 3.21. The standard InChI is InChI=1S/C14H15ClN2O2/c15-14-4-3-12(19-14)9-17-6-7-18-13(10-17)11-2-1-5-16-8-11/h1-5,8,13H,6-7,9-10H2/t13-/m0/s1. The van der Waals surface area contributed by atoms with Gasteiger partial charge < -0.3 is 9.15 Å². The van der Waals surface area contributed by atoms with E-state index >= 15 is 0 Å². The van der Waals surface area contributed by atoms with Gasteiger partial charge in [0.05, 0.1) is 19.3 Å². The van der Waals surface area contributed by atoms with Crippen molar-refractivity contribution < 1.29 is 9.15 Å². The van der Waals surface area contributed by atoms with Crippen LogP contribution in [-0.2, 0) is 11.3 Å². The molecular formula is C14H15ClN2O2. The Kier molecular flexibility index (Phi) is 3.82. The maximum absolute atomic E-state index is 5.80.